The summed E-state index contributed by atoms with van der Waals surface area (Å²) in [5, 5.41) is 34.5. The van der Waals surface area contributed by atoms with Crippen LogP contribution in [-0.4, -0.2) is 134 Å². The number of carboxylic acids is 1. The van der Waals surface area contributed by atoms with E-state index >= 15 is 0 Å². The number of aliphatic carboxylic acids is 1. The molecule has 0 bridgehead atoms. The summed E-state index contributed by atoms with van der Waals surface area (Å²) in [6, 6.07) is 4.41. The highest BCUT2D eigenvalue weighted by atomic mass is 32.1. The molecule has 15 N–H and O–H groups in total. The van der Waals surface area contributed by atoms with Crippen LogP contribution in [0.1, 0.15) is 70.2 Å². The first kappa shape index (κ1) is 58.8. The largest absolute Gasteiger partial charge is 0.508 e. The van der Waals surface area contributed by atoms with Gasteiger partial charge in [0.05, 0.1) is 18.8 Å². The number of nitrogens with one attached hydrogen (secondary N) is 7. The Hall–Kier alpha value is -7.54. The van der Waals surface area contributed by atoms with E-state index in [1.165, 1.54) is 24.7 Å². The molecule has 0 saturated carbocycles. The Morgan fingerprint density at radius 1 is 0.681 bits per heavy atom. The second kappa shape index (κ2) is 29.0. The third kappa shape index (κ3) is 20.1. The van der Waals surface area contributed by atoms with Gasteiger partial charge < -0.3 is 69.0 Å². The summed E-state index contributed by atoms with van der Waals surface area (Å²) in [6.45, 7) is 6.68. The van der Waals surface area contributed by atoms with Gasteiger partial charge in [0.1, 0.15) is 42.0 Å². The van der Waals surface area contributed by atoms with Crippen LogP contribution in [0.15, 0.2) is 67.1 Å². The number of carbonyl (C=O) groups is 10. The molecule has 8 atom stereocenters. The Labute approximate surface area is 420 Å². The molecule has 0 saturated heterocycles. The van der Waals surface area contributed by atoms with Crippen molar-refractivity contribution in [1.29, 1.82) is 0 Å². The highest BCUT2D eigenvalue weighted by molar-refractivity contribution is 7.80. The van der Waals surface area contributed by atoms with E-state index < -0.39 is 120 Å². The fourth-order valence-corrected chi connectivity index (χ4v) is 7.30. The highest BCUT2D eigenvalue weighted by Gasteiger charge is 2.36. The normalized spacial score (nSPS) is 14.4. The molecule has 0 aliphatic heterocycles. The number of phenols is 1. The maximum atomic E-state index is 14.3. The van der Waals surface area contributed by atoms with E-state index in [4.69, 9.17) is 21.9 Å². The molecule has 0 aliphatic carbocycles. The molecule has 1 heterocycles. The van der Waals surface area contributed by atoms with E-state index in [1.807, 2.05) is 0 Å². The Morgan fingerprint density at radius 2 is 1.22 bits per heavy atom. The van der Waals surface area contributed by atoms with Crippen LogP contribution in [0.4, 0.5) is 0 Å². The van der Waals surface area contributed by atoms with Crippen LogP contribution in [0.5, 0.6) is 5.75 Å². The van der Waals surface area contributed by atoms with Crippen molar-refractivity contribution in [3.63, 3.8) is 0 Å². The van der Waals surface area contributed by atoms with Crippen LogP contribution in [0.25, 0.3) is 0 Å². The summed E-state index contributed by atoms with van der Waals surface area (Å²) >= 11 is 3.92. The molecule has 2 aromatic carbocycles. The molecule has 0 spiro atoms. The number of aromatic amines is 1. The van der Waals surface area contributed by atoms with Crippen molar-refractivity contribution in [2.75, 3.05) is 5.75 Å². The molecule has 24 nitrogen and oxygen atoms in total. The maximum Gasteiger partial charge on any atom is 0.330 e. The number of phenolic OH excluding ortho intramolecular Hbond substituents is 1. The van der Waals surface area contributed by atoms with Gasteiger partial charge in [0, 0.05) is 36.9 Å². The minimum Gasteiger partial charge on any atom is -0.508 e. The molecular formula is C47H65N11O13S. The Kier molecular flexibility index (Phi) is 23.6. The molecule has 1 aromatic heterocycles. The van der Waals surface area contributed by atoms with Crippen molar-refractivity contribution in [1.82, 2.24) is 41.9 Å². The number of esters is 1. The summed E-state index contributed by atoms with van der Waals surface area (Å²) in [5.41, 5.74) is 18.3. The second-order valence-electron chi connectivity index (χ2n) is 17.7. The van der Waals surface area contributed by atoms with E-state index in [2.05, 4.69) is 54.5 Å². The van der Waals surface area contributed by atoms with Crippen LogP contribution in [0.3, 0.4) is 0 Å². The summed E-state index contributed by atoms with van der Waals surface area (Å²) < 4.78 is 5.01. The molecule has 3 rings (SSSR count). The number of benzene rings is 2. The van der Waals surface area contributed by atoms with Crippen LogP contribution < -0.4 is 49.1 Å². The number of H-pyrrole nitrogens is 1. The summed E-state index contributed by atoms with van der Waals surface area (Å²) in [5.74, 6) is -11.2. The van der Waals surface area contributed by atoms with Crippen molar-refractivity contribution in [2.45, 2.75) is 121 Å². The Morgan fingerprint density at radius 3 is 1.78 bits per heavy atom. The first-order valence-electron chi connectivity index (χ1n) is 22.9. The van der Waals surface area contributed by atoms with Gasteiger partial charge in [0.15, 0.2) is 6.10 Å². The fraction of sp³-hybridized carbons (Fsp3) is 0.468. The maximum absolute atomic E-state index is 14.3. The fourth-order valence-electron chi connectivity index (χ4n) is 7.04. The van der Waals surface area contributed by atoms with E-state index in [0.29, 0.717) is 16.8 Å². The monoisotopic (exact) mass is 1020 g/mol. The quantitative estimate of drug-likeness (QED) is 0.0258. The van der Waals surface area contributed by atoms with Gasteiger partial charge in [-0.1, -0.05) is 70.2 Å². The van der Waals surface area contributed by atoms with E-state index in [0.717, 1.165) is 0 Å². The Balaban J connectivity index is 1.90. The number of carboxylic acid groups (broad SMARTS) is 1. The zero-order valence-electron chi connectivity index (χ0n) is 40.3. The van der Waals surface area contributed by atoms with E-state index in [1.54, 1.807) is 70.2 Å². The minimum atomic E-state index is -1.82. The van der Waals surface area contributed by atoms with Gasteiger partial charge in [-0.3, -0.25) is 43.2 Å². The first-order valence-corrected chi connectivity index (χ1v) is 23.6. The van der Waals surface area contributed by atoms with Crippen molar-refractivity contribution in [3.8, 4) is 5.75 Å². The molecule has 3 aromatic rings. The lowest BCUT2D eigenvalue weighted by molar-refractivity contribution is -0.158. The number of amides is 8. The van der Waals surface area contributed by atoms with Crippen molar-refractivity contribution < 1.29 is 62.9 Å². The Bertz CT molecular complexity index is 2340. The zero-order valence-corrected chi connectivity index (χ0v) is 41.2. The van der Waals surface area contributed by atoms with E-state index in [9.17, 15) is 58.2 Å². The second-order valence-corrected chi connectivity index (χ2v) is 18.1. The number of aromatic nitrogens is 2. The number of primary amides is 2. The lowest BCUT2D eigenvalue weighted by atomic mass is 9.99. The standard InChI is InChI=1S/C47H65N11O13S/c1-24(2)16-32(43(66)57-35(20-38(61)62)47(70)71-36(22-72)40(50)63)54-44(67)33(18-26-8-6-5-7-9-26)56-46(69)39(25(3)4)58-45(68)34(19-28-21-51-23-52-28)55-42(65)31(14-15-37(49)60)53-41(64)30(48)17-27-10-12-29(59)13-11-27/h5-13,21,23-25,30-36,39,59,72H,14-20,22,48H2,1-4H3,(H2,49,60)(H2,50,63)(H,51,52)(H,53,64)(H,54,67)(H,55,65)(H,56,69)(H,57,66)(H,58,68)(H,61,62)/t30-,31-,32-,33-,34-,35-,36?,39-/m0/s1. The van der Waals surface area contributed by atoms with Crippen LogP contribution in [-0.2, 0) is 71.9 Å². The van der Waals surface area contributed by atoms with E-state index in [-0.39, 0.29) is 55.9 Å². The lowest BCUT2D eigenvalue weighted by Gasteiger charge is -2.29. The number of hydrogen-bond donors (Lipinski definition) is 13. The molecule has 0 radical (unpaired) electrons. The number of thiol groups is 1. The molecule has 8 amide bonds. The summed E-state index contributed by atoms with van der Waals surface area (Å²) in [6.07, 6.45) is -0.729. The van der Waals surface area contributed by atoms with Crippen LogP contribution >= 0.6 is 12.6 Å². The predicted molar refractivity (Wildman–Crippen MR) is 262 cm³/mol. The van der Waals surface area contributed by atoms with Crippen LogP contribution in [0, 0.1) is 11.8 Å². The number of carbonyl (C=O) groups excluding carboxylic acids is 9. The van der Waals surface area contributed by atoms with Gasteiger partial charge in [-0.15, -0.1) is 0 Å². The zero-order chi connectivity index (χ0) is 53.7. The first-order chi connectivity index (χ1) is 34.0. The summed E-state index contributed by atoms with van der Waals surface area (Å²) in [7, 11) is 0. The van der Waals surface area contributed by atoms with Crippen molar-refractivity contribution in [2.24, 2.45) is 29.0 Å². The third-order valence-corrected chi connectivity index (χ3v) is 11.2. The number of aromatic hydroxyl groups is 1. The molecule has 72 heavy (non-hydrogen) atoms. The van der Waals surface area contributed by atoms with Crippen molar-refractivity contribution >= 4 is 71.8 Å². The van der Waals surface area contributed by atoms with Gasteiger partial charge in [-0.05, 0) is 54.4 Å². The number of nitrogens with two attached hydrogens (primary N) is 3. The van der Waals surface area contributed by atoms with Gasteiger partial charge in [-0.25, -0.2) is 9.78 Å². The molecule has 0 fully saturated rings. The third-order valence-electron chi connectivity index (χ3n) is 10.9. The molecular weight excluding hydrogens is 959 g/mol. The minimum absolute atomic E-state index is 0.00282. The highest BCUT2D eigenvalue weighted by Crippen LogP contribution is 2.14. The number of hydrogen-bond acceptors (Lipinski definition) is 15. The number of ether oxygens (including phenoxy) is 1. The van der Waals surface area contributed by atoms with Gasteiger partial charge in [-0.2, -0.15) is 12.6 Å². The van der Waals surface area contributed by atoms with Gasteiger partial charge in [0.2, 0.25) is 41.4 Å². The lowest BCUT2D eigenvalue weighted by Crippen LogP contribution is -2.61. The summed E-state index contributed by atoms with van der Waals surface area (Å²) in [4.78, 5) is 139. The molecule has 1 unspecified atom stereocenters. The van der Waals surface area contributed by atoms with Crippen LogP contribution in [0.2, 0.25) is 0 Å². The number of imidazole rings is 1. The topological polar surface area (TPSA) is 399 Å². The average Bonchev–Trinajstić information content (AvgIpc) is 3.83. The molecule has 25 heteroatoms. The molecule has 0 aliphatic rings. The predicted octanol–water partition coefficient (Wildman–Crippen LogP) is -1.85. The van der Waals surface area contributed by atoms with Gasteiger partial charge in [0.25, 0.3) is 5.91 Å². The number of nitrogens with zero attached hydrogens (tertiary/aromatic N) is 1. The average molecular weight is 1020 g/mol. The molecule has 392 valence electrons. The number of rotatable bonds is 30. The SMILES string of the molecule is CC(C)C[C@H](NC(=O)[C@H](Cc1ccccc1)NC(=O)[C@@H](NC(=O)[C@H](Cc1cnc[nH]1)NC(=O)[C@H](CCC(N)=O)NC(=O)[C@@H](N)Cc1ccc(O)cc1)C(C)C)C(=O)N[C@@H](CC(=O)O)C(=O)OC(CS)C(N)=O. The van der Waals surface area contributed by atoms with Gasteiger partial charge >= 0.3 is 11.9 Å². The smallest absolute Gasteiger partial charge is 0.330 e. The van der Waals surface area contributed by atoms with Crippen molar-refractivity contribution in [3.05, 3.63) is 83.9 Å².